The Morgan fingerprint density at radius 2 is 1.65 bits per heavy atom. The molecule has 2 aromatic rings. The van der Waals surface area contributed by atoms with Gasteiger partial charge in [0.15, 0.2) is 0 Å². The molecule has 1 atom stereocenters. The second-order valence-electron chi connectivity index (χ2n) is 4.85. The summed E-state index contributed by atoms with van der Waals surface area (Å²) in [7, 11) is 0. The number of anilines is 2. The van der Waals surface area contributed by atoms with Crippen LogP contribution < -0.4 is 10.1 Å². The maximum Gasteiger partial charge on any atom is 0.133 e. The van der Waals surface area contributed by atoms with E-state index in [1.165, 1.54) is 0 Å². The Hall–Kier alpha value is -2.29. The van der Waals surface area contributed by atoms with Gasteiger partial charge in [0.2, 0.25) is 0 Å². The number of benzene rings is 2. The highest BCUT2D eigenvalue weighted by Crippen LogP contribution is 2.20. The maximum absolute atomic E-state index is 11.0. The minimum absolute atomic E-state index is 0.0968. The number of hydrogen-bond acceptors (Lipinski definition) is 3. The summed E-state index contributed by atoms with van der Waals surface area (Å²) in [5, 5.41) is 3.31. The molecule has 0 aliphatic rings. The van der Waals surface area contributed by atoms with Crippen LogP contribution in [0.25, 0.3) is 0 Å². The summed E-state index contributed by atoms with van der Waals surface area (Å²) < 4.78 is 5.68. The second-order valence-corrected chi connectivity index (χ2v) is 4.85. The van der Waals surface area contributed by atoms with Gasteiger partial charge in [-0.2, -0.15) is 0 Å². The largest absolute Gasteiger partial charge is 0.490 e. The van der Waals surface area contributed by atoms with E-state index in [-0.39, 0.29) is 11.9 Å². The fourth-order valence-corrected chi connectivity index (χ4v) is 1.98. The third-order valence-corrected chi connectivity index (χ3v) is 2.83. The van der Waals surface area contributed by atoms with Gasteiger partial charge >= 0.3 is 0 Å². The van der Waals surface area contributed by atoms with Crippen molar-refractivity contribution in [3.05, 3.63) is 54.6 Å². The molecule has 0 aromatic heterocycles. The van der Waals surface area contributed by atoms with Gasteiger partial charge in [0.1, 0.15) is 17.6 Å². The number of para-hydroxylation sites is 1. The lowest BCUT2D eigenvalue weighted by atomic mass is 10.2. The van der Waals surface area contributed by atoms with Crippen LogP contribution in [0.5, 0.6) is 5.75 Å². The monoisotopic (exact) mass is 269 g/mol. The Kier molecular flexibility index (Phi) is 4.77. The first kappa shape index (κ1) is 14.1. The Labute approximate surface area is 119 Å². The molecule has 0 aliphatic carbocycles. The molecule has 1 N–H and O–H groups in total. The number of Topliss-reactive ketones (excluding diaryl/α,β-unsaturated/α-hetero) is 1. The molecular formula is C17H19NO2. The normalized spacial score (nSPS) is 11.7. The van der Waals surface area contributed by atoms with E-state index in [2.05, 4.69) is 5.32 Å². The number of hydrogen-bond donors (Lipinski definition) is 1. The van der Waals surface area contributed by atoms with Crippen LogP contribution in [0, 0.1) is 0 Å². The third kappa shape index (κ3) is 4.43. The maximum atomic E-state index is 11.0. The number of ketones is 1. The molecule has 1 unspecified atom stereocenters. The molecule has 0 spiro atoms. The highest BCUT2D eigenvalue weighted by Gasteiger charge is 2.06. The number of nitrogens with one attached hydrogen (secondary N) is 1. The molecule has 0 aliphatic heterocycles. The van der Waals surface area contributed by atoms with Gasteiger partial charge in [-0.25, -0.2) is 0 Å². The van der Waals surface area contributed by atoms with Crippen molar-refractivity contribution in [3.63, 3.8) is 0 Å². The highest BCUT2D eigenvalue weighted by atomic mass is 16.5. The summed E-state index contributed by atoms with van der Waals surface area (Å²) in [4.78, 5) is 11.0. The van der Waals surface area contributed by atoms with Crippen molar-refractivity contribution in [2.75, 3.05) is 5.32 Å². The second kappa shape index (κ2) is 6.75. The lowest BCUT2D eigenvalue weighted by Gasteiger charge is -2.14. The Morgan fingerprint density at radius 1 is 1.05 bits per heavy atom. The first-order valence-electron chi connectivity index (χ1n) is 6.72. The van der Waals surface area contributed by atoms with Crippen molar-refractivity contribution in [1.29, 1.82) is 0 Å². The molecule has 3 nitrogen and oxygen atoms in total. The van der Waals surface area contributed by atoms with E-state index in [4.69, 9.17) is 4.74 Å². The number of ether oxygens (including phenoxy) is 1. The van der Waals surface area contributed by atoms with Crippen molar-refractivity contribution in [3.8, 4) is 5.75 Å². The lowest BCUT2D eigenvalue weighted by Crippen LogP contribution is -2.15. The van der Waals surface area contributed by atoms with Crippen LogP contribution in [0.4, 0.5) is 11.4 Å². The summed E-state index contributed by atoms with van der Waals surface area (Å²) in [6.07, 6.45) is 0.338. The first-order chi connectivity index (χ1) is 9.63. The smallest absolute Gasteiger partial charge is 0.133 e. The highest BCUT2D eigenvalue weighted by molar-refractivity contribution is 5.75. The van der Waals surface area contributed by atoms with Crippen molar-refractivity contribution >= 4 is 17.2 Å². The van der Waals surface area contributed by atoms with Gasteiger partial charge in [-0.05, 0) is 50.2 Å². The Morgan fingerprint density at radius 3 is 2.25 bits per heavy atom. The predicted octanol–water partition coefficient (Wildman–Crippen LogP) is 4.18. The molecule has 3 heteroatoms. The number of rotatable bonds is 6. The van der Waals surface area contributed by atoms with Gasteiger partial charge < -0.3 is 10.1 Å². The topological polar surface area (TPSA) is 38.3 Å². The molecule has 0 saturated heterocycles. The molecule has 0 amide bonds. The van der Waals surface area contributed by atoms with Crippen LogP contribution >= 0.6 is 0 Å². The average molecular weight is 269 g/mol. The molecule has 104 valence electrons. The molecule has 20 heavy (non-hydrogen) atoms. The number of carbonyl (C=O) groups is 1. The minimum atomic E-state index is -0.0968. The van der Waals surface area contributed by atoms with Gasteiger partial charge in [0, 0.05) is 17.8 Å². The Balaban J connectivity index is 1.94. The summed E-state index contributed by atoms with van der Waals surface area (Å²) >= 11 is 0. The van der Waals surface area contributed by atoms with E-state index >= 15 is 0 Å². The Bertz CT molecular complexity index is 549. The third-order valence-electron chi connectivity index (χ3n) is 2.83. The van der Waals surface area contributed by atoms with Crippen LogP contribution in [0.15, 0.2) is 54.6 Å². The van der Waals surface area contributed by atoms with Crippen molar-refractivity contribution < 1.29 is 9.53 Å². The van der Waals surface area contributed by atoms with Crippen LogP contribution in [0.2, 0.25) is 0 Å². The molecule has 2 aromatic carbocycles. The molecule has 0 fully saturated rings. The van der Waals surface area contributed by atoms with Crippen LogP contribution in [-0.4, -0.2) is 11.9 Å². The fourth-order valence-electron chi connectivity index (χ4n) is 1.98. The standard InChI is InChI=1S/C17H19NO2/c1-13(19)12-14(2)20-17-10-8-16(9-11-17)18-15-6-4-3-5-7-15/h3-11,14,18H,12H2,1-2H3. The van der Waals surface area contributed by atoms with Crippen molar-refractivity contribution in [1.82, 2.24) is 0 Å². The van der Waals surface area contributed by atoms with Crippen LogP contribution in [0.3, 0.4) is 0 Å². The zero-order chi connectivity index (χ0) is 14.4. The van der Waals surface area contributed by atoms with Gasteiger partial charge in [0.05, 0.1) is 0 Å². The summed E-state index contributed by atoms with van der Waals surface area (Å²) in [5.41, 5.74) is 2.05. The molecular weight excluding hydrogens is 250 g/mol. The summed E-state index contributed by atoms with van der Waals surface area (Å²) in [5.74, 6) is 0.914. The predicted molar refractivity (Wildman–Crippen MR) is 81.6 cm³/mol. The van der Waals surface area contributed by atoms with Crippen molar-refractivity contribution in [2.24, 2.45) is 0 Å². The zero-order valence-corrected chi connectivity index (χ0v) is 11.8. The van der Waals surface area contributed by atoms with Gasteiger partial charge in [-0.1, -0.05) is 18.2 Å². The van der Waals surface area contributed by atoms with E-state index in [9.17, 15) is 4.79 Å². The SMILES string of the molecule is CC(=O)CC(C)Oc1ccc(Nc2ccccc2)cc1. The molecule has 0 saturated carbocycles. The van der Waals surface area contributed by atoms with Gasteiger partial charge in [-0.15, -0.1) is 0 Å². The first-order valence-corrected chi connectivity index (χ1v) is 6.72. The molecule has 2 rings (SSSR count). The van der Waals surface area contributed by atoms with Gasteiger partial charge in [0.25, 0.3) is 0 Å². The van der Waals surface area contributed by atoms with E-state index in [0.717, 1.165) is 17.1 Å². The minimum Gasteiger partial charge on any atom is -0.490 e. The van der Waals surface area contributed by atoms with Crippen LogP contribution in [-0.2, 0) is 4.79 Å². The van der Waals surface area contributed by atoms with Gasteiger partial charge in [-0.3, -0.25) is 4.79 Å². The average Bonchev–Trinajstić information content (AvgIpc) is 2.41. The van der Waals surface area contributed by atoms with Crippen LogP contribution in [0.1, 0.15) is 20.3 Å². The van der Waals surface area contributed by atoms with Crippen molar-refractivity contribution in [2.45, 2.75) is 26.4 Å². The molecule has 0 bridgehead atoms. The molecule has 0 heterocycles. The zero-order valence-electron chi connectivity index (χ0n) is 11.8. The lowest BCUT2D eigenvalue weighted by molar-refractivity contribution is -0.118. The fraction of sp³-hybridized carbons (Fsp3) is 0.235. The summed E-state index contributed by atoms with van der Waals surface area (Å²) in [6.45, 7) is 3.48. The van der Waals surface area contributed by atoms with E-state index < -0.39 is 0 Å². The quantitative estimate of drug-likeness (QED) is 0.855. The number of carbonyl (C=O) groups excluding carboxylic acids is 1. The van der Waals surface area contributed by atoms with E-state index in [1.807, 2.05) is 61.5 Å². The summed E-state index contributed by atoms with van der Waals surface area (Å²) in [6, 6.07) is 17.7. The molecule has 0 radical (unpaired) electrons. The van der Waals surface area contributed by atoms with E-state index in [1.54, 1.807) is 6.92 Å². The van der Waals surface area contributed by atoms with E-state index in [0.29, 0.717) is 6.42 Å².